The number of aryl methyl sites for hydroxylation is 2. The Bertz CT molecular complexity index is 701. The van der Waals surface area contributed by atoms with E-state index in [1.807, 2.05) is 13.8 Å². The molecule has 138 valence electrons. The largest absolute Gasteiger partial charge is 0.357 e. The zero-order chi connectivity index (χ0) is 17.5. The molecule has 2 rings (SSSR count). The van der Waals surface area contributed by atoms with Gasteiger partial charge < -0.3 is 10.6 Å². The molecular formula is C17H23BrFIN4S. The third-order valence-corrected chi connectivity index (χ3v) is 5.37. The highest BCUT2D eigenvalue weighted by Crippen LogP contribution is 2.18. The van der Waals surface area contributed by atoms with Gasteiger partial charge in [-0.3, -0.25) is 0 Å². The van der Waals surface area contributed by atoms with Crippen LogP contribution in [0.15, 0.2) is 27.7 Å². The molecule has 0 fully saturated rings. The van der Waals surface area contributed by atoms with E-state index in [9.17, 15) is 4.39 Å². The van der Waals surface area contributed by atoms with Crippen molar-refractivity contribution < 1.29 is 4.39 Å². The molecule has 1 heterocycles. The van der Waals surface area contributed by atoms with Crippen molar-refractivity contribution in [2.45, 2.75) is 33.7 Å². The van der Waals surface area contributed by atoms with E-state index in [2.05, 4.69) is 43.5 Å². The molecule has 4 nitrogen and oxygen atoms in total. The normalized spacial score (nSPS) is 11.2. The Hall–Kier alpha value is -0.740. The summed E-state index contributed by atoms with van der Waals surface area (Å²) in [6.07, 6.45) is 0.855. The molecular weight excluding hydrogens is 518 g/mol. The van der Waals surface area contributed by atoms with E-state index in [1.54, 1.807) is 17.4 Å². The third kappa shape index (κ3) is 7.18. The van der Waals surface area contributed by atoms with Crippen LogP contribution in [0.2, 0.25) is 0 Å². The molecule has 0 aliphatic carbocycles. The second-order valence-electron chi connectivity index (χ2n) is 5.36. The lowest BCUT2D eigenvalue weighted by atomic mass is 10.2. The number of benzene rings is 1. The fourth-order valence-corrected chi connectivity index (χ4v) is 3.41. The summed E-state index contributed by atoms with van der Waals surface area (Å²) in [5.74, 6) is 0.467. The van der Waals surface area contributed by atoms with Crippen molar-refractivity contribution in [2.75, 3.05) is 13.1 Å². The molecule has 0 unspecified atom stereocenters. The third-order valence-electron chi connectivity index (χ3n) is 3.46. The first-order valence-corrected chi connectivity index (χ1v) is 9.49. The van der Waals surface area contributed by atoms with Gasteiger partial charge in [0.25, 0.3) is 0 Å². The molecule has 0 saturated carbocycles. The van der Waals surface area contributed by atoms with E-state index in [4.69, 9.17) is 0 Å². The standard InChI is InChI=1S/C17H22BrFN4S.HI/c1-4-20-17(21-8-7-16-23-11(2)12(3)24-16)22-10-13-9-14(19)5-6-15(13)18;/h5-6,9H,4,7-8,10H2,1-3H3,(H2,20,21,22);1H. The van der Waals surface area contributed by atoms with E-state index in [-0.39, 0.29) is 29.8 Å². The molecule has 8 heteroatoms. The summed E-state index contributed by atoms with van der Waals surface area (Å²) < 4.78 is 14.2. The smallest absolute Gasteiger partial charge is 0.191 e. The van der Waals surface area contributed by atoms with Crippen LogP contribution in [-0.2, 0) is 13.0 Å². The molecule has 0 atom stereocenters. The molecule has 1 aromatic heterocycles. The van der Waals surface area contributed by atoms with E-state index in [0.717, 1.165) is 46.2 Å². The van der Waals surface area contributed by atoms with Crippen LogP contribution in [0.3, 0.4) is 0 Å². The maximum atomic E-state index is 13.3. The van der Waals surface area contributed by atoms with Gasteiger partial charge in [-0.25, -0.2) is 14.4 Å². The van der Waals surface area contributed by atoms with E-state index < -0.39 is 0 Å². The minimum absolute atomic E-state index is 0. The molecule has 0 saturated heterocycles. The van der Waals surface area contributed by atoms with Gasteiger partial charge in [-0.1, -0.05) is 15.9 Å². The van der Waals surface area contributed by atoms with Gasteiger partial charge in [-0.05, 0) is 44.5 Å². The second-order valence-corrected chi connectivity index (χ2v) is 7.50. The van der Waals surface area contributed by atoms with Crippen molar-refractivity contribution in [1.29, 1.82) is 0 Å². The number of aromatic nitrogens is 1. The Labute approximate surface area is 177 Å². The number of thiazole rings is 1. The number of hydrogen-bond acceptors (Lipinski definition) is 3. The van der Waals surface area contributed by atoms with Crippen LogP contribution in [-0.4, -0.2) is 24.0 Å². The van der Waals surface area contributed by atoms with Gasteiger partial charge in [0.2, 0.25) is 0 Å². The van der Waals surface area contributed by atoms with Gasteiger partial charge in [-0.2, -0.15) is 0 Å². The van der Waals surface area contributed by atoms with Gasteiger partial charge >= 0.3 is 0 Å². The van der Waals surface area contributed by atoms with Gasteiger partial charge in [0, 0.05) is 28.9 Å². The molecule has 0 bridgehead atoms. The Morgan fingerprint density at radius 3 is 2.72 bits per heavy atom. The lowest BCUT2D eigenvalue weighted by molar-refractivity contribution is 0.625. The molecule has 2 N–H and O–H groups in total. The Morgan fingerprint density at radius 2 is 2.08 bits per heavy atom. The second kappa shape index (κ2) is 11.1. The first-order valence-electron chi connectivity index (χ1n) is 7.88. The first kappa shape index (κ1) is 22.3. The van der Waals surface area contributed by atoms with E-state index in [0.29, 0.717) is 6.54 Å². The predicted octanol–water partition coefficient (Wildman–Crippen LogP) is 4.58. The lowest BCUT2D eigenvalue weighted by Gasteiger charge is -2.11. The van der Waals surface area contributed by atoms with Crippen molar-refractivity contribution in [3.63, 3.8) is 0 Å². The number of guanidine groups is 1. The summed E-state index contributed by atoms with van der Waals surface area (Å²) in [7, 11) is 0. The Morgan fingerprint density at radius 1 is 1.32 bits per heavy atom. The molecule has 0 amide bonds. The molecule has 1 aromatic carbocycles. The number of aliphatic imine (C=N–C) groups is 1. The average Bonchev–Trinajstić information content (AvgIpc) is 2.86. The number of rotatable bonds is 6. The van der Waals surface area contributed by atoms with Crippen molar-refractivity contribution in [3.8, 4) is 0 Å². The molecule has 0 spiro atoms. The minimum atomic E-state index is -0.254. The van der Waals surface area contributed by atoms with Crippen LogP contribution in [0.1, 0.15) is 28.1 Å². The van der Waals surface area contributed by atoms with Crippen LogP contribution in [0.25, 0.3) is 0 Å². The zero-order valence-corrected chi connectivity index (χ0v) is 19.3. The molecule has 2 aromatic rings. The highest BCUT2D eigenvalue weighted by Gasteiger charge is 2.05. The maximum Gasteiger partial charge on any atom is 0.191 e. The summed E-state index contributed by atoms with van der Waals surface area (Å²) in [6, 6.07) is 4.63. The number of nitrogens with one attached hydrogen (secondary N) is 2. The van der Waals surface area contributed by atoms with Crippen LogP contribution < -0.4 is 10.6 Å². The summed E-state index contributed by atoms with van der Waals surface area (Å²) in [4.78, 5) is 10.3. The summed E-state index contributed by atoms with van der Waals surface area (Å²) in [5, 5.41) is 7.63. The van der Waals surface area contributed by atoms with Gasteiger partial charge in [0.05, 0.1) is 17.2 Å². The number of halogens is 3. The van der Waals surface area contributed by atoms with Crippen LogP contribution in [0.5, 0.6) is 0 Å². The lowest BCUT2D eigenvalue weighted by Crippen LogP contribution is -2.38. The molecule has 0 aliphatic heterocycles. The SMILES string of the molecule is CCNC(=NCc1cc(F)ccc1Br)NCCc1nc(C)c(C)s1.I. The van der Waals surface area contributed by atoms with Gasteiger partial charge in [-0.15, -0.1) is 35.3 Å². The highest BCUT2D eigenvalue weighted by atomic mass is 127. The van der Waals surface area contributed by atoms with Crippen molar-refractivity contribution >= 4 is 57.2 Å². The number of hydrogen-bond donors (Lipinski definition) is 2. The monoisotopic (exact) mass is 540 g/mol. The van der Waals surface area contributed by atoms with Crippen molar-refractivity contribution in [2.24, 2.45) is 4.99 Å². The van der Waals surface area contributed by atoms with Gasteiger partial charge in [0.15, 0.2) is 5.96 Å². The van der Waals surface area contributed by atoms with Gasteiger partial charge in [0.1, 0.15) is 5.82 Å². The molecule has 25 heavy (non-hydrogen) atoms. The quantitative estimate of drug-likeness (QED) is 0.320. The van der Waals surface area contributed by atoms with E-state index >= 15 is 0 Å². The predicted molar refractivity (Wildman–Crippen MR) is 118 cm³/mol. The zero-order valence-electron chi connectivity index (χ0n) is 14.5. The first-order chi connectivity index (χ1) is 11.5. The van der Waals surface area contributed by atoms with Crippen LogP contribution in [0.4, 0.5) is 4.39 Å². The Balaban J connectivity index is 0.00000312. The van der Waals surface area contributed by atoms with Crippen molar-refractivity contribution in [3.05, 3.63) is 49.6 Å². The molecule has 0 aliphatic rings. The fraction of sp³-hybridized carbons (Fsp3) is 0.412. The Kier molecular flexibility index (Phi) is 9.88. The van der Waals surface area contributed by atoms with E-state index in [1.165, 1.54) is 17.0 Å². The van der Waals surface area contributed by atoms with Crippen LogP contribution >= 0.6 is 51.2 Å². The number of nitrogens with zero attached hydrogens (tertiary/aromatic N) is 2. The fourth-order valence-electron chi connectivity index (χ4n) is 2.10. The molecule has 0 radical (unpaired) electrons. The summed E-state index contributed by atoms with van der Waals surface area (Å²) in [5.41, 5.74) is 1.92. The topological polar surface area (TPSA) is 49.3 Å². The maximum absolute atomic E-state index is 13.3. The average molecular weight is 541 g/mol. The summed E-state index contributed by atoms with van der Waals surface area (Å²) in [6.45, 7) is 8.07. The summed E-state index contributed by atoms with van der Waals surface area (Å²) >= 11 is 5.16. The van der Waals surface area contributed by atoms with Crippen LogP contribution in [0, 0.1) is 19.7 Å². The minimum Gasteiger partial charge on any atom is -0.357 e. The van der Waals surface area contributed by atoms with Crippen molar-refractivity contribution in [1.82, 2.24) is 15.6 Å². The highest BCUT2D eigenvalue weighted by molar-refractivity contribution is 14.0.